The Morgan fingerprint density at radius 3 is 2.43 bits per heavy atom. The summed E-state index contributed by atoms with van der Waals surface area (Å²) in [7, 11) is 0. The van der Waals surface area contributed by atoms with E-state index in [1.54, 1.807) is 35.6 Å². The maximum absolute atomic E-state index is 13.3. The van der Waals surface area contributed by atoms with E-state index in [9.17, 15) is 14.7 Å². The molecule has 1 N–H and O–H groups in total. The number of rotatable bonds is 6. The standard InChI is InChI=1S/C29H31N3O5/c1-29(2,3)21-8-5-19(6-9-21)25-24(26(33)20-7-10-22-23(17-20)37-16-15-36-22)27(34)28(35)32(25)13-4-12-31-14-11-30-18-31/h5-11,14,17-18,25,33H,4,12-13,15-16H2,1-3H3. The van der Waals surface area contributed by atoms with Gasteiger partial charge in [0.1, 0.15) is 19.0 Å². The summed E-state index contributed by atoms with van der Waals surface area (Å²) >= 11 is 0. The first-order valence-corrected chi connectivity index (χ1v) is 12.5. The first-order chi connectivity index (χ1) is 17.7. The van der Waals surface area contributed by atoms with Gasteiger partial charge in [-0.2, -0.15) is 0 Å². The molecule has 1 saturated heterocycles. The minimum atomic E-state index is -0.704. The van der Waals surface area contributed by atoms with Gasteiger partial charge in [0, 0.05) is 31.0 Å². The van der Waals surface area contributed by atoms with Gasteiger partial charge in [0.05, 0.1) is 17.9 Å². The van der Waals surface area contributed by atoms with Crippen molar-refractivity contribution in [2.75, 3.05) is 19.8 Å². The van der Waals surface area contributed by atoms with Crippen LogP contribution in [-0.2, 0) is 21.5 Å². The van der Waals surface area contributed by atoms with Gasteiger partial charge in [-0.3, -0.25) is 9.59 Å². The molecule has 0 aliphatic carbocycles. The molecule has 1 aromatic heterocycles. The van der Waals surface area contributed by atoms with Gasteiger partial charge < -0.3 is 24.0 Å². The number of aliphatic hydroxyl groups excluding tert-OH is 1. The summed E-state index contributed by atoms with van der Waals surface area (Å²) in [5.74, 6) is -0.458. The normalized spacial score (nSPS) is 18.9. The lowest BCUT2D eigenvalue weighted by molar-refractivity contribution is -0.139. The molecule has 0 spiro atoms. The van der Waals surface area contributed by atoms with E-state index in [0.29, 0.717) is 49.8 Å². The Labute approximate surface area is 216 Å². The highest BCUT2D eigenvalue weighted by atomic mass is 16.6. The van der Waals surface area contributed by atoms with Crippen molar-refractivity contribution in [3.05, 3.63) is 83.4 Å². The molecule has 192 valence electrons. The molecule has 1 atom stereocenters. The fraction of sp³-hybridized carbons (Fsp3) is 0.345. The van der Waals surface area contributed by atoms with Gasteiger partial charge in [0.15, 0.2) is 11.5 Å². The van der Waals surface area contributed by atoms with Gasteiger partial charge in [-0.15, -0.1) is 0 Å². The molecule has 2 aliphatic heterocycles. The number of imidazole rings is 1. The number of likely N-dealkylation sites (tertiary alicyclic amines) is 1. The summed E-state index contributed by atoms with van der Waals surface area (Å²) in [6.07, 6.45) is 5.91. The van der Waals surface area contributed by atoms with Crippen LogP contribution < -0.4 is 9.47 Å². The lowest BCUT2D eigenvalue weighted by atomic mass is 9.85. The Morgan fingerprint density at radius 2 is 1.76 bits per heavy atom. The molecule has 2 aromatic carbocycles. The summed E-state index contributed by atoms with van der Waals surface area (Å²) in [6.45, 7) is 8.25. The molecule has 2 aliphatic rings. The molecule has 0 radical (unpaired) electrons. The van der Waals surface area contributed by atoms with Crippen LogP contribution in [0.1, 0.15) is 49.9 Å². The number of amides is 1. The zero-order valence-corrected chi connectivity index (χ0v) is 21.3. The maximum Gasteiger partial charge on any atom is 0.295 e. The van der Waals surface area contributed by atoms with Crippen molar-refractivity contribution in [2.24, 2.45) is 0 Å². The lowest BCUT2D eigenvalue weighted by Gasteiger charge is -2.26. The fourth-order valence-electron chi connectivity index (χ4n) is 4.81. The van der Waals surface area contributed by atoms with Crippen LogP contribution in [0.25, 0.3) is 5.76 Å². The molecular weight excluding hydrogens is 470 g/mol. The average molecular weight is 502 g/mol. The zero-order valence-electron chi connectivity index (χ0n) is 21.3. The van der Waals surface area contributed by atoms with E-state index in [2.05, 4.69) is 25.8 Å². The molecule has 3 aromatic rings. The number of fused-ring (bicyclic) bond motifs is 1. The minimum Gasteiger partial charge on any atom is -0.507 e. The van der Waals surface area contributed by atoms with Crippen molar-refractivity contribution >= 4 is 17.4 Å². The highest BCUT2D eigenvalue weighted by Crippen LogP contribution is 2.41. The topological polar surface area (TPSA) is 93.9 Å². The predicted octanol–water partition coefficient (Wildman–Crippen LogP) is 4.46. The van der Waals surface area contributed by atoms with Crippen LogP contribution in [-0.4, -0.2) is 51.0 Å². The maximum atomic E-state index is 13.3. The Bertz CT molecular complexity index is 1340. The van der Waals surface area contributed by atoms with Crippen molar-refractivity contribution in [1.82, 2.24) is 14.5 Å². The van der Waals surface area contributed by atoms with Crippen molar-refractivity contribution < 1.29 is 24.2 Å². The number of aryl methyl sites for hydroxylation is 1. The number of ether oxygens (including phenoxy) is 2. The van der Waals surface area contributed by atoms with Gasteiger partial charge in [0.2, 0.25) is 0 Å². The largest absolute Gasteiger partial charge is 0.507 e. The van der Waals surface area contributed by atoms with Crippen LogP contribution in [0.15, 0.2) is 66.8 Å². The van der Waals surface area contributed by atoms with Crippen molar-refractivity contribution in [3.8, 4) is 11.5 Å². The molecule has 1 unspecified atom stereocenters. The SMILES string of the molecule is CC(C)(C)c1ccc(C2C(=C(O)c3ccc4c(c3)OCCO4)C(=O)C(=O)N2CCCn2ccnc2)cc1. The monoisotopic (exact) mass is 501 g/mol. The third-order valence-corrected chi connectivity index (χ3v) is 6.82. The number of ketones is 1. The lowest BCUT2D eigenvalue weighted by Crippen LogP contribution is -2.31. The molecule has 1 fully saturated rings. The van der Waals surface area contributed by atoms with Crippen molar-refractivity contribution in [2.45, 2.75) is 45.2 Å². The van der Waals surface area contributed by atoms with Gasteiger partial charge in [0.25, 0.3) is 11.7 Å². The summed E-state index contributed by atoms with van der Waals surface area (Å²) < 4.78 is 13.2. The van der Waals surface area contributed by atoms with E-state index in [0.717, 1.165) is 11.1 Å². The molecule has 0 saturated carbocycles. The zero-order chi connectivity index (χ0) is 26.2. The highest BCUT2D eigenvalue weighted by Gasteiger charge is 2.46. The Kier molecular flexibility index (Phi) is 6.50. The number of aliphatic hydroxyl groups is 1. The molecule has 8 nitrogen and oxygen atoms in total. The van der Waals surface area contributed by atoms with Crippen LogP contribution in [0.2, 0.25) is 0 Å². The van der Waals surface area contributed by atoms with Crippen LogP contribution in [0.4, 0.5) is 0 Å². The Morgan fingerprint density at radius 1 is 1.03 bits per heavy atom. The Hall–Kier alpha value is -4.07. The van der Waals surface area contributed by atoms with E-state index in [1.807, 2.05) is 35.0 Å². The van der Waals surface area contributed by atoms with Crippen LogP contribution >= 0.6 is 0 Å². The van der Waals surface area contributed by atoms with E-state index >= 15 is 0 Å². The second-order valence-corrected chi connectivity index (χ2v) is 10.4. The molecule has 0 bridgehead atoms. The van der Waals surface area contributed by atoms with Crippen molar-refractivity contribution in [3.63, 3.8) is 0 Å². The quantitative estimate of drug-likeness (QED) is 0.304. The summed E-state index contributed by atoms with van der Waals surface area (Å²) in [5.41, 5.74) is 2.34. The minimum absolute atomic E-state index is 0.0453. The summed E-state index contributed by atoms with van der Waals surface area (Å²) in [4.78, 5) is 32.2. The summed E-state index contributed by atoms with van der Waals surface area (Å²) in [6, 6.07) is 12.2. The second kappa shape index (κ2) is 9.76. The average Bonchev–Trinajstić information content (AvgIpc) is 3.50. The van der Waals surface area contributed by atoms with Crippen LogP contribution in [0, 0.1) is 0 Å². The van der Waals surface area contributed by atoms with Gasteiger partial charge >= 0.3 is 0 Å². The molecule has 8 heteroatoms. The van der Waals surface area contributed by atoms with Crippen LogP contribution in [0.5, 0.6) is 11.5 Å². The first-order valence-electron chi connectivity index (χ1n) is 12.5. The number of aromatic nitrogens is 2. The number of nitrogens with zero attached hydrogens (tertiary/aromatic N) is 3. The van der Waals surface area contributed by atoms with E-state index in [4.69, 9.17) is 9.47 Å². The van der Waals surface area contributed by atoms with E-state index in [-0.39, 0.29) is 16.7 Å². The molecule has 5 rings (SSSR count). The third kappa shape index (κ3) is 4.83. The number of Topliss-reactive ketones (excluding diaryl/α,β-unsaturated/α-hetero) is 1. The molecule has 3 heterocycles. The van der Waals surface area contributed by atoms with Gasteiger partial charge in [-0.25, -0.2) is 4.98 Å². The van der Waals surface area contributed by atoms with Gasteiger partial charge in [-0.1, -0.05) is 45.0 Å². The number of hydrogen-bond acceptors (Lipinski definition) is 6. The second-order valence-electron chi connectivity index (χ2n) is 10.4. The van der Waals surface area contributed by atoms with E-state index in [1.165, 1.54) is 0 Å². The molecule has 37 heavy (non-hydrogen) atoms. The third-order valence-electron chi connectivity index (χ3n) is 6.82. The fourth-order valence-corrected chi connectivity index (χ4v) is 4.81. The van der Waals surface area contributed by atoms with E-state index < -0.39 is 17.7 Å². The summed E-state index contributed by atoms with van der Waals surface area (Å²) in [5, 5.41) is 11.4. The smallest absolute Gasteiger partial charge is 0.295 e. The predicted molar refractivity (Wildman–Crippen MR) is 138 cm³/mol. The molecule has 1 amide bonds. The van der Waals surface area contributed by atoms with Crippen LogP contribution in [0.3, 0.4) is 0 Å². The highest BCUT2D eigenvalue weighted by molar-refractivity contribution is 6.46. The number of carbonyl (C=O) groups is 2. The first kappa shape index (κ1) is 24.6. The van der Waals surface area contributed by atoms with Crippen molar-refractivity contribution in [1.29, 1.82) is 0 Å². The number of hydrogen-bond donors (Lipinski definition) is 1. The number of benzene rings is 2. The van der Waals surface area contributed by atoms with Gasteiger partial charge in [-0.05, 0) is 41.2 Å². The number of carbonyl (C=O) groups excluding carboxylic acids is 2. The Balaban J connectivity index is 1.54. The molecular formula is C29H31N3O5.